The second-order valence-corrected chi connectivity index (χ2v) is 8.63. The number of pyridine rings is 1. The molecule has 0 fully saturated rings. The maximum Gasteiger partial charge on any atom is 0.0906 e. The highest BCUT2D eigenvalue weighted by Crippen LogP contribution is 2.39. The molecular weight excluding hydrogens is 428 g/mol. The van der Waals surface area contributed by atoms with Gasteiger partial charge in [0.2, 0.25) is 0 Å². The molecule has 3 aromatic heterocycles. The molecule has 7 aromatic rings. The van der Waals surface area contributed by atoms with E-state index in [0.717, 1.165) is 61.2 Å². The van der Waals surface area contributed by atoms with Crippen LogP contribution in [-0.2, 0) is 0 Å². The molecule has 0 bridgehead atoms. The largest absolute Gasteiger partial charge is 0.355 e. The first-order chi connectivity index (χ1) is 17.3. The van der Waals surface area contributed by atoms with Crippen molar-refractivity contribution in [2.45, 2.75) is 0 Å². The monoisotopic (exact) mass is 448 g/mol. The molecule has 0 aliphatic heterocycles. The van der Waals surface area contributed by atoms with Gasteiger partial charge in [-0.3, -0.25) is 4.98 Å². The Morgan fingerprint density at radius 1 is 0.514 bits per heavy atom. The number of fused-ring (bicyclic) bond motifs is 3. The van der Waals surface area contributed by atoms with Crippen LogP contribution in [0.25, 0.3) is 66.6 Å². The molecule has 0 saturated carbocycles. The summed E-state index contributed by atoms with van der Waals surface area (Å²) in [7, 11) is 0. The van der Waals surface area contributed by atoms with Gasteiger partial charge in [-0.05, 0) is 36.4 Å². The zero-order valence-corrected chi connectivity index (χ0v) is 18.8. The Bertz CT molecular complexity index is 1830. The zero-order valence-electron chi connectivity index (χ0n) is 18.8. The highest BCUT2D eigenvalue weighted by atomic mass is 14.8. The topological polar surface area (TPSA) is 54.5 Å². The van der Waals surface area contributed by atoms with E-state index >= 15 is 0 Å². The van der Waals surface area contributed by atoms with E-state index in [1.54, 1.807) is 0 Å². The molecule has 0 aliphatic rings. The van der Waals surface area contributed by atoms with E-state index in [2.05, 4.69) is 71.7 Å². The number of nitrogens with one attached hydrogen (secondary N) is 1. The normalized spacial score (nSPS) is 11.4. The maximum atomic E-state index is 5.03. The first-order valence-corrected chi connectivity index (χ1v) is 11.6. The molecule has 0 saturated heterocycles. The fraction of sp³-hybridized carbons (Fsp3) is 0. The molecule has 0 amide bonds. The lowest BCUT2D eigenvalue weighted by Crippen LogP contribution is -1.96. The molecule has 35 heavy (non-hydrogen) atoms. The summed E-state index contributed by atoms with van der Waals surface area (Å²) in [5.74, 6) is 0. The van der Waals surface area contributed by atoms with Crippen LogP contribution in [-0.4, -0.2) is 19.9 Å². The van der Waals surface area contributed by atoms with Gasteiger partial charge in [0.25, 0.3) is 0 Å². The van der Waals surface area contributed by atoms with Crippen LogP contribution in [0.5, 0.6) is 0 Å². The minimum absolute atomic E-state index is 0.822. The van der Waals surface area contributed by atoms with Crippen LogP contribution in [0.4, 0.5) is 0 Å². The molecular formula is C31H20N4. The Hall–Kier alpha value is -4.83. The van der Waals surface area contributed by atoms with Gasteiger partial charge in [0.15, 0.2) is 0 Å². The highest BCUT2D eigenvalue weighted by Gasteiger charge is 2.18. The van der Waals surface area contributed by atoms with E-state index in [0.29, 0.717) is 0 Å². The number of hydrogen-bond acceptors (Lipinski definition) is 3. The van der Waals surface area contributed by atoms with Crippen molar-refractivity contribution in [2.24, 2.45) is 0 Å². The standard InChI is InChI=1S/C31H20N4/c1-3-12-24-20(8-1)16-17-26(33-24)22-10-7-11-23(29-18-21-9-2-4-13-25(21)34-29)31(22)30-19-32-27-14-5-6-15-28(27)35-30/h1-19,34H. The van der Waals surface area contributed by atoms with Crippen molar-refractivity contribution >= 4 is 32.8 Å². The van der Waals surface area contributed by atoms with Gasteiger partial charge in [-0.1, -0.05) is 72.8 Å². The molecule has 3 heterocycles. The molecule has 0 radical (unpaired) electrons. The number of para-hydroxylation sites is 4. The second kappa shape index (κ2) is 7.89. The van der Waals surface area contributed by atoms with Crippen LogP contribution in [0.15, 0.2) is 115 Å². The Kier molecular flexibility index (Phi) is 4.42. The van der Waals surface area contributed by atoms with E-state index < -0.39 is 0 Å². The molecule has 0 spiro atoms. The molecule has 0 atom stereocenters. The summed E-state index contributed by atoms with van der Waals surface area (Å²) in [6, 6.07) is 37.3. The molecule has 4 aromatic carbocycles. The van der Waals surface area contributed by atoms with Crippen LogP contribution < -0.4 is 0 Å². The number of benzene rings is 4. The van der Waals surface area contributed by atoms with Gasteiger partial charge in [-0.15, -0.1) is 0 Å². The number of H-pyrrole nitrogens is 1. The van der Waals surface area contributed by atoms with Gasteiger partial charge in [-0.25, -0.2) is 9.97 Å². The Balaban J connectivity index is 1.52. The molecule has 0 unspecified atom stereocenters. The Morgan fingerprint density at radius 3 is 2.11 bits per heavy atom. The van der Waals surface area contributed by atoms with Gasteiger partial charge in [0.1, 0.15) is 0 Å². The summed E-state index contributed by atoms with van der Waals surface area (Å²) in [4.78, 5) is 18.4. The summed E-state index contributed by atoms with van der Waals surface area (Å²) in [5.41, 5.74) is 9.70. The van der Waals surface area contributed by atoms with Gasteiger partial charge in [0, 0.05) is 38.7 Å². The third kappa shape index (κ3) is 3.35. The number of hydrogen-bond donors (Lipinski definition) is 1. The Morgan fingerprint density at radius 2 is 1.23 bits per heavy atom. The lowest BCUT2D eigenvalue weighted by molar-refractivity contribution is 1.29. The fourth-order valence-electron chi connectivity index (χ4n) is 4.78. The average Bonchev–Trinajstić information content (AvgIpc) is 3.36. The minimum Gasteiger partial charge on any atom is -0.355 e. The van der Waals surface area contributed by atoms with Crippen molar-refractivity contribution in [2.75, 3.05) is 0 Å². The molecule has 4 nitrogen and oxygen atoms in total. The van der Waals surface area contributed by atoms with Crippen LogP contribution in [0.2, 0.25) is 0 Å². The summed E-state index contributed by atoms with van der Waals surface area (Å²) in [6.07, 6.45) is 1.87. The van der Waals surface area contributed by atoms with Crippen LogP contribution in [0.3, 0.4) is 0 Å². The van der Waals surface area contributed by atoms with Crippen molar-refractivity contribution in [3.05, 3.63) is 115 Å². The van der Waals surface area contributed by atoms with Gasteiger partial charge >= 0.3 is 0 Å². The summed E-state index contributed by atoms with van der Waals surface area (Å²) >= 11 is 0. The Labute approximate surface area is 202 Å². The van der Waals surface area contributed by atoms with Gasteiger partial charge in [-0.2, -0.15) is 0 Å². The van der Waals surface area contributed by atoms with E-state index in [1.807, 2.05) is 48.7 Å². The molecule has 7 rings (SSSR count). The predicted molar refractivity (Wildman–Crippen MR) is 143 cm³/mol. The summed E-state index contributed by atoms with van der Waals surface area (Å²) in [6.45, 7) is 0. The fourth-order valence-corrected chi connectivity index (χ4v) is 4.78. The van der Waals surface area contributed by atoms with E-state index in [4.69, 9.17) is 15.0 Å². The summed E-state index contributed by atoms with van der Waals surface area (Å²) < 4.78 is 0. The smallest absolute Gasteiger partial charge is 0.0906 e. The van der Waals surface area contributed by atoms with Crippen LogP contribution in [0, 0.1) is 0 Å². The average molecular weight is 449 g/mol. The molecule has 0 aliphatic carbocycles. The maximum absolute atomic E-state index is 5.03. The van der Waals surface area contributed by atoms with Crippen molar-refractivity contribution in [3.63, 3.8) is 0 Å². The number of nitrogens with zero attached hydrogens (tertiary/aromatic N) is 3. The van der Waals surface area contributed by atoms with Crippen LogP contribution in [0.1, 0.15) is 0 Å². The SMILES string of the molecule is c1cc(-c2ccc3ccccc3n2)c(-c2cnc3ccccc3n2)c(-c2cc3ccccc3[nH]2)c1. The van der Waals surface area contributed by atoms with E-state index in [-0.39, 0.29) is 0 Å². The third-order valence-electron chi connectivity index (χ3n) is 6.46. The van der Waals surface area contributed by atoms with Crippen molar-refractivity contribution in [1.82, 2.24) is 19.9 Å². The molecule has 164 valence electrons. The lowest BCUT2D eigenvalue weighted by atomic mass is 9.93. The van der Waals surface area contributed by atoms with Gasteiger partial charge in [0.05, 0.1) is 34.1 Å². The number of aromatic nitrogens is 4. The highest BCUT2D eigenvalue weighted by molar-refractivity contribution is 5.96. The zero-order chi connectivity index (χ0) is 23.2. The van der Waals surface area contributed by atoms with Crippen molar-refractivity contribution in [3.8, 4) is 33.8 Å². The van der Waals surface area contributed by atoms with E-state index in [1.165, 1.54) is 5.39 Å². The minimum atomic E-state index is 0.822. The molecule has 4 heteroatoms. The van der Waals surface area contributed by atoms with Gasteiger partial charge < -0.3 is 4.98 Å². The first kappa shape index (κ1) is 19.6. The third-order valence-corrected chi connectivity index (χ3v) is 6.46. The van der Waals surface area contributed by atoms with Crippen molar-refractivity contribution in [1.29, 1.82) is 0 Å². The van der Waals surface area contributed by atoms with Crippen LogP contribution >= 0.6 is 0 Å². The molecule has 1 N–H and O–H groups in total. The van der Waals surface area contributed by atoms with Crippen molar-refractivity contribution < 1.29 is 0 Å². The quantitative estimate of drug-likeness (QED) is 0.302. The summed E-state index contributed by atoms with van der Waals surface area (Å²) in [5, 5.41) is 2.29. The van der Waals surface area contributed by atoms with E-state index in [9.17, 15) is 0 Å². The predicted octanol–water partition coefficient (Wildman–Crippen LogP) is 7.66. The number of aromatic amines is 1. The lowest BCUT2D eigenvalue weighted by Gasteiger charge is -2.15. The number of rotatable bonds is 3. The second-order valence-electron chi connectivity index (χ2n) is 8.63. The first-order valence-electron chi connectivity index (χ1n) is 11.6.